The van der Waals surface area contributed by atoms with Gasteiger partial charge in [-0.25, -0.2) is 4.79 Å². The number of carboxylic acids is 2. The zero-order valence-corrected chi connectivity index (χ0v) is 23.3. The van der Waals surface area contributed by atoms with Gasteiger partial charge < -0.3 is 42.0 Å². The molecule has 1 heterocycles. The first-order valence-electron chi connectivity index (χ1n) is 13.0. The monoisotopic (exact) mass is 599 g/mol. The number of aliphatic carboxylic acids is 2. The van der Waals surface area contributed by atoms with Crippen LogP contribution in [0.4, 0.5) is 0 Å². The Bertz CT molecular complexity index is 1430. The minimum atomic E-state index is -1.35. The summed E-state index contributed by atoms with van der Waals surface area (Å²) in [6.45, 7) is 0. The number of thiol groups is 1. The topological polar surface area (TPSA) is 224 Å². The summed E-state index contributed by atoms with van der Waals surface area (Å²) in [5, 5.41) is 36.4. The number of carbonyl (C=O) groups is 5. The molecular weight excluding hydrogens is 566 g/mol. The van der Waals surface area contributed by atoms with E-state index in [1.165, 1.54) is 12.1 Å². The Kier molecular flexibility index (Phi) is 11.3. The number of benzene rings is 2. The van der Waals surface area contributed by atoms with Gasteiger partial charge in [0.15, 0.2) is 0 Å². The first kappa shape index (κ1) is 32.0. The predicted octanol–water partition coefficient (Wildman–Crippen LogP) is 0.320. The van der Waals surface area contributed by atoms with E-state index in [2.05, 4.69) is 33.6 Å². The van der Waals surface area contributed by atoms with Gasteiger partial charge in [-0.3, -0.25) is 19.2 Å². The Balaban J connectivity index is 1.66. The first-order valence-corrected chi connectivity index (χ1v) is 13.7. The smallest absolute Gasteiger partial charge is 0.326 e. The summed E-state index contributed by atoms with van der Waals surface area (Å²) in [5.41, 5.74) is 8.11. The SMILES string of the molecule is NC(Cc1ccc(O)cc1)C(=O)NC(CCC(=O)O)C(=O)NC(CS)C(=O)NC(Cc1c[nH]c2ccccc12)C(=O)O. The number of amides is 3. The first-order chi connectivity index (χ1) is 20.0. The van der Waals surface area contributed by atoms with E-state index in [0.29, 0.717) is 11.1 Å². The van der Waals surface area contributed by atoms with Gasteiger partial charge in [0.1, 0.15) is 23.9 Å². The molecule has 0 saturated carbocycles. The van der Waals surface area contributed by atoms with E-state index in [-0.39, 0.29) is 30.8 Å². The van der Waals surface area contributed by atoms with Crippen molar-refractivity contribution in [1.82, 2.24) is 20.9 Å². The van der Waals surface area contributed by atoms with Crippen molar-refractivity contribution in [3.05, 3.63) is 65.9 Å². The van der Waals surface area contributed by atoms with Crippen molar-refractivity contribution in [1.29, 1.82) is 0 Å². The predicted molar refractivity (Wildman–Crippen MR) is 156 cm³/mol. The number of aromatic hydroxyl groups is 1. The lowest BCUT2D eigenvalue weighted by atomic mass is 10.0. The number of nitrogens with two attached hydrogens (primary N) is 1. The number of hydrogen-bond donors (Lipinski definition) is 9. The van der Waals surface area contributed by atoms with Crippen molar-refractivity contribution < 1.29 is 39.3 Å². The van der Waals surface area contributed by atoms with Crippen molar-refractivity contribution in [2.24, 2.45) is 5.73 Å². The van der Waals surface area contributed by atoms with Gasteiger partial charge in [0.05, 0.1) is 6.04 Å². The van der Waals surface area contributed by atoms with Crippen molar-refractivity contribution >= 4 is 53.2 Å². The fraction of sp³-hybridized carbons (Fsp3) is 0.321. The molecule has 13 nitrogen and oxygen atoms in total. The van der Waals surface area contributed by atoms with E-state index in [9.17, 15) is 34.2 Å². The molecule has 0 aliphatic heterocycles. The number of carboxylic acid groups (broad SMARTS) is 2. The zero-order valence-electron chi connectivity index (χ0n) is 22.4. The zero-order chi connectivity index (χ0) is 30.8. The summed E-state index contributed by atoms with van der Waals surface area (Å²) >= 11 is 4.11. The molecular formula is C28H33N5O8S. The van der Waals surface area contributed by atoms with Crippen LogP contribution in [0.2, 0.25) is 0 Å². The molecule has 0 aliphatic carbocycles. The second kappa shape index (κ2) is 14.9. The number of rotatable bonds is 15. The van der Waals surface area contributed by atoms with E-state index in [0.717, 1.165) is 10.9 Å². The third kappa shape index (κ3) is 8.97. The highest BCUT2D eigenvalue weighted by atomic mass is 32.1. The summed E-state index contributed by atoms with van der Waals surface area (Å²) in [6.07, 6.45) is 0.947. The summed E-state index contributed by atoms with van der Waals surface area (Å²) in [6, 6.07) is 8.25. The Labute approximate surface area is 246 Å². The number of aromatic nitrogens is 1. The van der Waals surface area contributed by atoms with Crippen LogP contribution in [0.1, 0.15) is 24.0 Å². The molecule has 0 aliphatic rings. The highest BCUT2D eigenvalue weighted by Crippen LogP contribution is 2.19. The quantitative estimate of drug-likeness (QED) is 0.110. The molecule has 0 bridgehead atoms. The molecule has 42 heavy (non-hydrogen) atoms. The number of aromatic amines is 1. The van der Waals surface area contributed by atoms with Crippen LogP contribution in [0.3, 0.4) is 0 Å². The lowest BCUT2D eigenvalue weighted by Crippen LogP contribution is -2.58. The number of H-pyrrole nitrogens is 1. The van der Waals surface area contributed by atoms with E-state index in [4.69, 9.17) is 10.8 Å². The Morgan fingerprint density at radius 2 is 1.45 bits per heavy atom. The second-order valence-electron chi connectivity index (χ2n) is 9.68. The fourth-order valence-electron chi connectivity index (χ4n) is 4.25. The lowest BCUT2D eigenvalue weighted by Gasteiger charge is -2.24. The van der Waals surface area contributed by atoms with Crippen LogP contribution in [-0.2, 0) is 36.8 Å². The largest absolute Gasteiger partial charge is 0.508 e. The van der Waals surface area contributed by atoms with Crippen LogP contribution >= 0.6 is 12.6 Å². The average molecular weight is 600 g/mol. The maximum absolute atomic E-state index is 13.1. The number of phenolic OH excluding ortho intramolecular Hbond substituents is 1. The summed E-state index contributed by atoms with van der Waals surface area (Å²) in [5.74, 6) is -5.08. The summed E-state index contributed by atoms with van der Waals surface area (Å²) < 4.78 is 0. The van der Waals surface area contributed by atoms with Gasteiger partial charge in [-0.2, -0.15) is 12.6 Å². The van der Waals surface area contributed by atoms with Crippen LogP contribution in [0.25, 0.3) is 10.9 Å². The van der Waals surface area contributed by atoms with Gasteiger partial charge in [-0.1, -0.05) is 30.3 Å². The summed E-state index contributed by atoms with van der Waals surface area (Å²) in [7, 11) is 0. The molecule has 224 valence electrons. The molecule has 0 saturated heterocycles. The standard InChI is InChI=1S/C28H33N5O8S/c29-19(11-15-5-7-17(34)8-6-15)25(37)31-21(9-10-24(35)36)26(38)33-23(14-42)27(39)32-22(28(40)41)12-16-13-30-20-4-2-1-3-18(16)20/h1-8,13,19,21-23,30,34,42H,9-12,14,29H2,(H,31,37)(H,32,39)(H,33,38)(H,35,36)(H,40,41). The van der Waals surface area contributed by atoms with Gasteiger partial charge in [0, 0.05) is 35.7 Å². The molecule has 3 rings (SSSR count). The van der Waals surface area contributed by atoms with Crippen LogP contribution in [0.15, 0.2) is 54.7 Å². The van der Waals surface area contributed by atoms with Crippen molar-refractivity contribution in [3.63, 3.8) is 0 Å². The summed E-state index contributed by atoms with van der Waals surface area (Å²) in [4.78, 5) is 65.0. The molecule has 3 aromatic rings. The van der Waals surface area contributed by atoms with Crippen LogP contribution < -0.4 is 21.7 Å². The van der Waals surface area contributed by atoms with Crippen LogP contribution in [0.5, 0.6) is 5.75 Å². The number of hydrogen-bond acceptors (Lipinski definition) is 8. The van der Waals surface area contributed by atoms with E-state index < -0.39 is 60.2 Å². The molecule has 0 radical (unpaired) electrons. The van der Waals surface area contributed by atoms with E-state index in [1.54, 1.807) is 24.4 Å². The number of phenols is 1. The normalized spacial score (nSPS) is 13.9. The Morgan fingerprint density at radius 3 is 2.10 bits per heavy atom. The third-order valence-electron chi connectivity index (χ3n) is 6.54. The Morgan fingerprint density at radius 1 is 0.833 bits per heavy atom. The van der Waals surface area contributed by atoms with Gasteiger partial charge in [0.25, 0.3) is 0 Å². The number of carbonyl (C=O) groups excluding carboxylic acids is 3. The lowest BCUT2D eigenvalue weighted by molar-refractivity contribution is -0.142. The van der Waals surface area contributed by atoms with Gasteiger partial charge in [-0.05, 0) is 42.2 Å². The van der Waals surface area contributed by atoms with Gasteiger partial charge in [0.2, 0.25) is 17.7 Å². The van der Waals surface area contributed by atoms with E-state index in [1.807, 2.05) is 18.2 Å². The molecule has 2 aromatic carbocycles. The second-order valence-corrected chi connectivity index (χ2v) is 10.0. The molecule has 0 fully saturated rings. The molecule has 0 spiro atoms. The number of fused-ring (bicyclic) bond motifs is 1. The van der Waals surface area contributed by atoms with Crippen molar-refractivity contribution in [3.8, 4) is 5.75 Å². The molecule has 14 heteroatoms. The van der Waals surface area contributed by atoms with Gasteiger partial charge >= 0.3 is 11.9 Å². The minimum absolute atomic E-state index is 0.0332. The highest BCUT2D eigenvalue weighted by Gasteiger charge is 2.30. The minimum Gasteiger partial charge on any atom is -0.508 e. The third-order valence-corrected chi connectivity index (χ3v) is 6.90. The van der Waals surface area contributed by atoms with E-state index >= 15 is 0 Å². The van der Waals surface area contributed by atoms with Crippen LogP contribution in [0, 0.1) is 0 Å². The maximum Gasteiger partial charge on any atom is 0.326 e. The Hall–Kier alpha value is -4.56. The molecule has 9 N–H and O–H groups in total. The molecule has 4 unspecified atom stereocenters. The highest BCUT2D eigenvalue weighted by molar-refractivity contribution is 7.80. The fourth-order valence-corrected chi connectivity index (χ4v) is 4.51. The van der Waals surface area contributed by atoms with Gasteiger partial charge in [-0.15, -0.1) is 0 Å². The van der Waals surface area contributed by atoms with Crippen LogP contribution in [-0.4, -0.2) is 79.9 Å². The average Bonchev–Trinajstić information content (AvgIpc) is 3.36. The number of para-hydroxylation sites is 1. The maximum atomic E-state index is 13.1. The molecule has 4 atom stereocenters. The molecule has 1 aromatic heterocycles. The number of nitrogens with one attached hydrogen (secondary N) is 4. The van der Waals surface area contributed by atoms with Crippen molar-refractivity contribution in [2.45, 2.75) is 49.9 Å². The van der Waals surface area contributed by atoms with Crippen molar-refractivity contribution in [2.75, 3.05) is 5.75 Å². The molecule has 3 amide bonds.